The van der Waals surface area contributed by atoms with E-state index in [1.54, 1.807) is 36.1 Å². The third kappa shape index (κ3) is 3.81. The number of nitrogens with one attached hydrogen (secondary N) is 1. The molecular weight excluding hydrogens is 362 g/mol. The van der Waals surface area contributed by atoms with Gasteiger partial charge in [-0.05, 0) is 40.2 Å². The van der Waals surface area contributed by atoms with Crippen LogP contribution in [0.5, 0.6) is 5.75 Å². The highest BCUT2D eigenvalue weighted by Crippen LogP contribution is 2.25. The largest absolute Gasteiger partial charge is 0.484 e. The maximum atomic E-state index is 12.1. The Labute approximate surface area is 141 Å². The number of carbonyl (C=O) groups is 1. The zero-order chi connectivity index (χ0) is 16.2. The molecule has 0 aliphatic rings. The summed E-state index contributed by atoms with van der Waals surface area (Å²) in [6, 6.07) is 12.6. The predicted octanol–water partition coefficient (Wildman–Crippen LogP) is 3.61. The minimum absolute atomic E-state index is 0.210. The first-order chi connectivity index (χ1) is 11.1. The van der Waals surface area contributed by atoms with Gasteiger partial charge in [0, 0.05) is 19.3 Å². The molecule has 0 aliphatic heterocycles. The van der Waals surface area contributed by atoms with Crippen LogP contribution in [0.1, 0.15) is 16.3 Å². The Morgan fingerprint density at radius 3 is 2.87 bits per heavy atom. The van der Waals surface area contributed by atoms with E-state index in [2.05, 4.69) is 26.3 Å². The number of carbonyl (C=O) groups excluding carboxylic acids is 1. The molecule has 0 spiro atoms. The highest BCUT2D eigenvalue weighted by molar-refractivity contribution is 9.10. The van der Waals surface area contributed by atoms with E-state index in [9.17, 15) is 4.79 Å². The Hall–Kier alpha value is -2.54. The molecule has 0 saturated carbocycles. The SMILES string of the molecule is Cn1ccc(NC(=O)c2ccc(COc3ccccc3Br)o2)n1. The Bertz CT molecular complexity index is 825. The van der Waals surface area contributed by atoms with Crippen molar-refractivity contribution in [3.05, 3.63) is 64.7 Å². The van der Waals surface area contributed by atoms with Gasteiger partial charge in [-0.25, -0.2) is 0 Å². The van der Waals surface area contributed by atoms with Gasteiger partial charge in [-0.2, -0.15) is 5.10 Å². The molecule has 0 saturated heterocycles. The second-order valence-corrected chi connectivity index (χ2v) is 5.67. The van der Waals surface area contributed by atoms with Crippen LogP contribution >= 0.6 is 15.9 Å². The number of hydrogen-bond donors (Lipinski definition) is 1. The van der Waals surface area contributed by atoms with Crippen LogP contribution in [0.2, 0.25) is 0 Å². The molecule has 1 N–H and O–H groups in total. The molecule has 1 amide bonds. The molecule has 118 valence electrons. The first-order valence-corrected chi connectivity index (χ1v) is 7.68. The number of hydrogen-bond acceptors (Lipinski definition) is 4. The third-order valence-corrected chi connectivity index (χ3v) is 3.70. The number of rotatable bonds is 5. The Balaban J connectivity index is 1.61. The van der Waals surface area contributed by atoms with Crippen LogP contribution in [0.15, 0.2) is 57.6 Å². The number of aryl methyl sites for hydroxylation is 1. The lowest BCUT2D eigenvalue weighted by Gasteiger charge is -2.05. The fourth-order valence-corrected chi connectivity index (χ4v) is 2.35. The molecule has 2 aromatic heterocycles. The lowest BCUT2D eigenvalue weighted by molar-refractivity contribution is 0.0992. The minimum atomic E-state index is -0.351. The number of furan rings is 1. The maximum Gasteiger partial charge on any atom is 0.292 e. The molecule has 0 fully saturated rings. The van der Waals surface area contributed by atoms with Gasteiger partial charge in [-0.3, -0.25) is 9.48 Å². The quantitative estimate of drug-likeness (QED) is 0.739. The van der Waals surface area contributed by atoms with Crippen LogP contribution in [-0.4, -0.2) is 15.7 Å². The highest BCUT2D eigenvalue weighted by Gasteiger charge is 2.13. The number of para-hydroxylation sites is 1. The normalized spacial score (nSPS) is 10.5. The van der Waals surface area contributed by atoms with Crippen molar-refractivity contribution in [3.63, 3.8) is 0 Å². The van der Waals surface area contributed by atoms with Gasteiger partial charge >= 0.3 is 0 Å². The van der Waals surface area contributed by atoms with Gasteiger partial charge in [0.15, 0.2) is 11.6 Å². The van der Waals surface area contributed by atoms with Crippen molar-refractivity contribution in [2.45, 2.75) is 6.61 Å². The molecule has 0 unspecified atom stereocenters. The van der Waals surface area contributed by atoms with Crippen LogP contribution in [0.25, 0.3) is 0 Å². The van der Waals surface area contributed by atoms with Gasteiger partial charge in [-0.15, -0.1) is 0 Å². The summed E-state index contributed by atoms with van der Waals surface area (Å²) in [6.07, 6.45) is 1.74. The van der Waals surface area contributed by atoms with Crippen molar-refractivity contribution in [2.24, 2.45) is 7.05 Å². The molecular formula is C16H14BrN3O3. The zero-order valence-electron chi connectivity index (χ0n) is 12.3. The van der Waals surface area contributed by atoms with Gasteiger partial charge in [0.2, 0.25) is 0 Å². The van der Waals surface area contributed by atoms with Crippen molar-refractivity contribution in [3.8, 4) is 5.75 Å². The summed E-state index contributed by atoms with van der Waals surface area (Å²) in [5.74, 6) is 1.60. The standard InChI is InChI=1S/C16H14BrN3O3/c1-20-9-8-15(19-20)18-16(21)14-7-6-11(23-14)10-22-13-5-3-2-4-12(13)17/h2-9H,10H2,1H3,(H,18,19,21). The Kier molecular flexibility index (Phi) is 4.47. The Morgan fingerprint density at radius 1 is 1.30 bits per heavy atom. The van der Waals surface area contributed by atoms with E-state index >= 15 is 0 Å². The average molecular weight is 376 g/mol. The number of aromatic nitrogens is 2. The van der Waals surface area contributed by atoms with Gasteiger partial charge in [0.05, 0.1) is 4.47 Å². The molecule has 7 heteroatoms. The molecule has 0 atom stereocenters. The number of ether oxygens (including phenoxy) is 1. The molecule has 23 heavy (non-hydrogen) atoms. The van der Waals surface area contributed by atoms with Crippen LogP contribution in [0.3, 0.4) is 0 Å². The summed E-state index contributed by atoms with van der Waals surface area (Å²) in [7, 11) is 1.78. The van der Waals surface area contributed by atoms with E-state index in [-0.39, 0.29) is 18.3 Å². The van der Waals surface area contributed by atoms with Crippen LogP contribution < -0.4 is 10.1 Å². The maximum absolute atomic E-state index is 12.1. The fourth-order valence-electron chi connectivity index (χ4n) is 1.95. The van der Waals surface area contributed by atoms with Crippen molar-refractivity contribution < 1.29 is 13.9 Å². The summed E-state index contributed by atoms with van der Waals surface area (Å²) < 4.78 is 13.6. The van der Waals surface area contributed by atoms with Gasteiger partial charge in [0.1, 0.15) is 18.1 Å². The summed E-state index contributed by atoms with van der Waals surface area (Å²) in [5, 5.41) is 6.74. The lowest BCUT2D eigenvalue weighted by Crippen LogP contribution is -2.11. The van der Waals surface area contributed by atoms with E-state index in [0.29, 0.717) is 17.3 Å². The fraction of sp³-hybridized carbons (Fsp3) is 0.125. The van der Waals surface area contributed by atoms with Crippen LogP contribution in [0.4, 0.5) is 5.82 Å². The monoisotopic (exact) mass is 375 g/mol. The van der Waals surface area contributed by atoms with E-state index < -0.39 is 0 Å². The van der Waals surface area contributed by atoms with Crippen molar-refractivity contribution in [2.75, 3.05) is 5.32 Å². The number of anilines is 1. The van der Waals surface area contributed by atoms with E-state index in [1.807, 2.05) is 24.3 Å². The topological polar surface area (TPSA) is 69.3 Å². The summed E-state index contributed by atoms with van der Waals surface area (Å²) >= 11 is 3.41. The number of nitrogens with zero attached hydrogens (tertiary/aromatic N) is 2. The predicted molar refractivity (Wildman–Crippen MR) is 88.3 cm³/mol. The summed E-state index contributed by atoms with van der Waals surface area (Å²) in [4.78, 5) is 12.1. The van der Waals surface area contributed by atoms with Gasteiger partial charge in [0.25, 0.3) is 5.91 Å². The van der Waals surface area contributed by atoms with Crippen molar-refractivity contribution in [1.82, 2.24) is 9.78 Å². The molecule has 1 aromatic carbocycles. The average Bonchev–Trinajstić information content (AvgIpc) is 3.16. The second-order valence-electron chi connectivity index (χ2n) is 4.81. The number of halogens is 1. The lowest BCUT2D eigenvalue weighted by atomic mass is 10.3. The van der Waals surface area contributed by atoms with E-state index in [1.165, 1.54) is 0 Å². The minimum Gasteiger partial charge on any atom is -0.484 e. The smallest absolute Gasteiger partial charge is 0.292 e. The van der Waals surface area contributed by atoms with Gasteiger partial charge < -0.3 is 14.5 Å². The zero-order valence-corrected chi connectivity index (χ0v) is 13.9. The molecule has 0 radical (unpaired) electrons. The first kappa shape index (κ1) is 15.4. The first-order valence-electron chi connectivity index (χ1n) is 6.89. The molecule has 0 bridgehead atoms. The third-order valence-electron chi connectivity index (χ3n) is 3.05. The van der Waals surface area contributed by atoms with E-state index in [4.69, 9.17) is 9.15 Å². The number of amides is 1. The van der Waals surface area contributed by atoms with Crippen molar-refractivity contribution >= 4 is 27.7 Å². The molecule has 0 aliphatic carbocycles. The molecule has 3 rings (SSSR count). The molecule has 2 heterocycles. The van der Waals surface area contributed by atoms with Crippen molar-refractivity contribution in [1.29, 1.82) is 0 Å². The summed E-state index contributed by atoms with van der Waals surface area (Å²) in [6.45, 7) is 0.236. The Morgan fingerprint density at radius 2 is 2.13 bits per heavy atom. The second kappa shape index (κ2) is 6.70. The highest BCUT2D eigenvalue weighted by atomic mass is 79.9. The van der Waals surface area contributed by atoms with E-state index in [0.717, 1.165) is 4.47 Å². The van der Waals surface area contributed by atoms with Crippen LogP contribution in [-0.2, 0) is 13.7 Å². The molecule has 3 aromatic rings. The van der Waals surface area contributed by atoms with Crippen LogP contribution in [0, 0.1) is 0 Å². The number of benzene rings is 1. The van der Waals surface area contributed by atoms with Gasteiger partial charge in [-0.1, -0.05) is 12.1 Å². The summed E-state index contributed by atoms with van der Waals surface area (Å²) in [5.41, 5.74) is 0. The molecule has 6 nitrogen and oxygen atoms in total.